The molecule has 0 unspecified atom stereocenters. The smallest absolute Gasteiger partial charge is 0.325 e. The largest absolute Gasteiger partial charge is 0.416 e. The predicted octanol–water partition coefficient (Wildman–Crippen LogP) is 5.33. The van der Waals surface area contributed by atoms with Gasteiger partial charge in [0.2, 0.25) is 5.91 Å². The van der Waals surface area contributed by atoms with Gasteiger partial charge < -0.3 is 9.88 Å². The van der Waals surface area contributed by atoms with E-state index in [2.05, 4.69) is 10.3 Å². The molecule has 0 bridgehead atoms. The summed E-state index contributed by atoms with van der Waals surface area (Å²) in [5.74, 6) is -0.246. The molecule has 0 aliphatic heterocycles. The molecule has 9 heteroatoms. The first-order chi connectivity index (χ1) is 13.3. The molecular weight excluding hydrogens is 411 g/mol. The second-order valence-corrected chi connectivity index (χ2v) is 7.26. The van der Waals surface area contributed by atoms with E-state index in [0.717, 1.165) is 17.7 Å². The second-order valence-electron chi connectivity index (χ2n) is 5.88. The summed E-state index contributed by atoms with van der Waals surface area (Å²) in [7, 11) is 0. The minimum absolute atomic E-state index is 0.0820. The summed E-state index contributed by atoms with van der Waals surface area (Å²) in [6.45, 7) is 0.583. The van der Waals surface area contributed by atoms with Crippen molar-refractivity contribution in [3.63, 3.8) is 0 Å². The maximum Gasteiger partial charge on any atom is 0.416 e. The molecule has 4 nitrogen and oxygen atoms in total. The highest BCUT2D eigenvalue weighted by molar-refractivity contribution is 7.99. The number of nitrogens with one attached hydrogen (secondary N) is 1. The highest BCUT2D eigenvalue weighted by Gasteiger charge is 2.29. The Morgan fingerprint density at radius 3 is 2.43 bits per heavy atom. The Hall–Kier alpha value is -2.45. The number of amides is 1. The first-order valence-corrected chi connectivity index (χ1v) is 9.53. The number of imidazole rings is 1. The Balaban J connectivity index is 1.55. The van der Waals surface area contributed by atoms with Crippen LogP contribution >= 0.6 is 23.4 Å². The number of carbonyl (C=O) groups is 1. The van der Waals surface area contributed by atoms with Gasteiger partial charge in [0.25, 0.3) is 0 Å². The Morgan fingerprint density at radius 2 is 1.79 bits per heavy atom. The number of anilines is 1. The summed E-state index contributed by atoms with van der Waals surface area (Å²) < 4.78 is 39.6. The molecule has 0 spiro atoms. The molecule has 1 amide bonds. The Morgan fingerprint density at radius 1 is 1.11 bits per heavy atom. The fourth-order valence-electron chi connectivity index (χ4n) is 2.41. The number of alkyl halides is 3. The van der Waals surface area contributed by atoms with Crippen molar-refractivity contribution in [2.75, 3.05) is 11.1 Å². The number of rotatable bonds is 6. The van der Waals surface area contributed by atoms with Crippen molar-refractivity contribution in [1.82, 2.24) is 9.55 Å². The molecular formula is C19H15ClF3N3OS. The van der Waals surface area contributed by atoms with Crippen molar-refractivity contribution in [2.45, 2.75) is 17.9 Å². The highest BCUT2D eigenvalue weighted by Crippen LogP contribution is 2.29. The zero-order chi connectivity index (χ0) is 20.1. The average Bonchev–Trinajstić information content (AvgIpc) is 3.09. The van der Waals surface area contributed by atoms with Gasteiger partial charge in [0.1, 0.15) is 0 Å². The summed E-state index contributed by atoms with van der Waals surface area (Å²) in [6.07, 6.45) is -0.948. The molecule has 0 fully saturated rings. The number of hydrogen-bond acceptors (Lipinski definition) is 3. The number of halogens is 4. The van der Waals surface area contributed by atoms with Gasteiger partial charge in [-0.3, -0.25) is 4.79 Å². The zero-order valence-corrected chi connectivity index (χ0v) is 16.0. The summed E-state index contributed by atoms with van der Waals surface area (Å²) in [5, 5.41) is 3.90. The van der Waals surface area contributed by atoms with E-state index in [1.165, 1.54) is 23.9 Å². The van der Waals surface area contributed by atoms with Gasteiger partial charge in [-0.2, -0.15) is 13.2 Å². The zero-order valence-electron chi connectivity index (χ0n) is 14.4. The third kappa shape index (κ3) is 5.53. The van der Waals surface area contributed by atoms with E-state index in [4.69, 9.17) is 11.6 Å². The van der Waals surface area contributed by atoms with Gasteiger partial charge in [-0.05, 0) is 42.0 Å². The van der Waals surface area contributed by atoms with E-state index in [1.54, 1.807) is 18.3 Å². The van der Waals surface area contributed by atoms with Crippen LogP contribution in [0.1, 0.15) is 11.1 Å². The molecule has 28 heavy (non-hydrogen) atoms. The van der Waals surface area contributed by atoms with Crippen LogP contribution in [0.5, 0.6) is 0 Å². The molecule has 0 aliphatic rings. The van der Waals surface area contributed by atoms with E-state index in [9.17, 15) is 18.0 Å². The first kappa shape index (κ1) is 20.3. The Bertz CT molecular complexity index is 940. The average molecular weight is 426 g/mol. The number of thioether (sulfide) groups is 1. The standard InChI is InChI=1S/C19H15ClF3N3OS/c20-15-5-1-13(2-6-15)11-26-10-9-24-18(26)28-12-17(27)25-16-7-3-14(4-8-16)19(21,22)23/h1-10H,11-12H2,(H,25,27). The fraction of sp³-hybridized carbons (Fsp3) is 0.158. The molecule has 3 aromatic rings. The molecule has 0 radical (unpaired) electrons. The SMILES string of the molecule is O=C(CSc1nccn1Cc1ccc(Cl)cc1)Nc1ccc(C(F)(F)F)cc1. The highest BCUT2D eigenvalue weighted by atomic mass is 35.5. The maximum absolute atomic E-state index is 12.6. The van der Waals surface area contributed by atoms with Crippen LogP contribution in [0, 0.1) is 0 Å². The molecule has 1 heterocycles. The molecule has 0 aliphatic carbocycles. The van der Waals surface area contributed by atoms with E-state index < -0.39 is 11.7 Å². The molecule has 0 saturated carbocycles. The van der Waals surface area contributed by atoms with Crippen molar-refractivity contribution >= 4 is 35.0 Å². The summed E-state index contributed by atoms with van der Waals surface area (Å²) in [5.41, 5.74) is 0.589. The van der Waals surface area contributed by atoms with Crippen molar-refractivity contribution in [2.24, 2.45) is 0 Å². The lowest BCUT2D eigenvalue weighted by molar-refractivity contribution is -0.137. The molecule has 1 aromatic heterocycles. The van der Waals surface area contributed by atoms with Gasteiger partial charge in [0.15, 0.2) is 5.16 Å². The normalized spacial score (nSPS) is 11.4. The molecule has 0 saturated heterocycles. The van der Waals surface area contributed by atoms with Crippen LogP contribution in [0.4, 0.5) is 18.9 Å². The monoisotopic (exact) mass is 425 g/mol. The quantitative estimate of drug-likeness (QED) is 0.543. The van der Waals surface area contributed by atoms with Crippen LogP contribution in [0.15, 0.2) is 66.1 Å². The van der Waals surface area contributed by atoms with Gasteiger partial charge in [0, 0.05) is 29.6 Å². The third-order valence-electron chi connectivity index (χ3n) is 3.77. The van der Waals surface area contributed by atoms with Gasteiger partial charge in [-0.25, -0.2) is 4.98 Å². The summed E-state index contributed by atoms with van der Waals surface area (Å²) >= 11 is 7.13. The van der Waals surface area contributed by atoms with Crippen molar-refractivity contribution in [3.8, 4) is 0 Å². The van der Waals surface area contributed by atoms with Crippen LogP contribution in [-0.2, 0) is 17.5 Å². The van der Waals surface area contributed by atoms with Gasteiger partial charge in [-0.1, -0.05) is 35.5 Å². The van der Waals surface area contributed by atoms with E-state index in [-0.39, 0.29) is 11.7 Å². The van der Waals surface area contributed by atoms with E-state index >= 15 is 0 Å². The number of carbonyl (C=O) groups excluding carboxylic acids is 1. The van der Waals surface area contributed by atoms with Crippen LogP contribution in [0.25, 0.3) is 0 Å². The minimum Gasteiger partial charge on any atom is -0.325 e. The van der Waals surface area contributed by atoms with Gasteiger partial charge in [0.05, 0.1) is 11.3 Å². The van der Waals surface area contributed by atoms with E-state index in [0.29, 0.717) is 22.4 Å². The number of benzene rings is 2. The van der Waals surface area contributed by atoms with Crippen LogP contribution < -0.4 is 5.32 Å². The van der Waals surface area contributed by atoms with Crippen molar-refractivity contribution in [1.29, 1.82) is 0 Å². The topological polar surface area (TPSA) is 46.9 Å². The summed E-state index contributed by atoms with van der Waals surface area (Å²) in [4.78, 5) is 16.3. The summed E-state index contributed by atoms with van der Waals surface area (Å²) in [6, 6.07) is 11.8. The predicted molar refractivity (Wildman–Crippen MR) is 104 cm³/mol. The molecule has 3 rings (SSSR count). The molecule has 146 valence electrons. The lowest BCUT2D eigenvalue weighted by Gasteiger charge is -2.10. The molecule has 1 N–H and O–H groups in total. The number of hydrogen-bond donors (Lipinski definition) is 1. The Kier molecular flexibility index (Phi) is 6.31. The van der Waals surface area contributed by atoms with Crippen LogP contribution in [0.2, 0.25) is 5.02 Å². The van der Waals surface area contributed by atoms with Gasteiger partial charge >= 0.3 is 6.18 Å². The minimum atomic E-state index is -4.40. The van der Waals surface area contributed by atoms with Crippen molar-refractivity contribution < 1.29 is 18.0 Å². The second kappa shape index (κ2) is 8.70. The Labute approximate surface area is 168 Å². The maximum atomic E-state index is 12.6. The van der Waals surface area contributed by atoms with Crippen molar-refractivity contribution in [3.05, 3.63) is 77.1 Å². The van der Waals surface area contributed by atoms with Gasteiger partial charge in [-0.15, -0.1) is 0 Å². The number of nitrogens with zero attached hydrogens (tertiary/aromatic N) is 2. The lowest BCUT2D eigenvalue weighted by Crippen LogP contribution is -2.15. The van der Waals surface area contributed by atoms with Crippen LogP contribution in [0.3, 0.4) is 0 Å². The number of aromatic nitrogens is 2. The molecule has 2 aromatic carbocycles. The lowest BCUT2D eigenvalue weighted by atomic mass is 10.2. The van der Waals surface area contributed by atoms with E-state index in [1.807, 2.05) is 22.9 Å². The third-order valence-corrected chi connectivity index (χ3v) is 5.03. The van der Waals surface area contributed by atoms with Crippen LogP contribution in [-0.4, -0.2) is 21.2 Å². The fourth-order valence-corrected chi connectivity index (χ4v) is 3.30. The first-order valence-electron chi connectivity index (χ1n) is 8.17. The molecule has 0 atom stereocenters.